The molecule has 0 fully saturated rings. The highest BCUT2D eigenvalue weighted by Gasteiger charge is 2.21. The van der Waals surface area contributed by atoms with Crippen molar-refractivity contribution in [3.63, 3.8) is 0 Å². The Morgan fingerprint density at radius 2 is 1.82 bits per heavy atom. The summed E-state index contributed by atoms with van der Waals surface area (Å²) in [7, 11) is 2.87. The van der Waals surface area contributed by atoms with Gasteiger partial charge < -0.3 is 14.2 Å². The molecule has 0 aliphatic rings. The van der Waals surface area contributed by atoms with Crippen molar-refractivity contribution in [2.45, 2.75) is 26.4 Å². The van der Waals surface area contributed by atoms with Crippen LogP contribution in [0, 0.1) is 0 Å². The second-order valence-corrected chi connectivity index (χ2v) is 5.71. The second-order valence-electron chi connectivity index (χ2n) is 5.44. The van der Waals surface area contributed by atoms with Gasteiger partial charge in [-0.25, -0.2) is 4.79 Å². The van der Waals surface area contributed by atoms with E-state index in [1.807, 2.05) is 0 Å². The number of Topliss-reactive ketones (excluding diaryl/α,β-unsaturated/α-hetero) is 1. The zero-order valence-corrected chi connectivity index (χ0v) is 14.0. The predicted octanol–water partition coefficient (Wildman–Crippen LogP) is 3.47. The fourth-order valence-electron chi connectivity index (χ4n) is 1.71. The lowest BCUT2D eigenvalue weighted by Crippen LogP contribution is -2.27. The molecule has 22 heavy (non-hydrogen) atoms. The van der Waals surface area contributed by atoms with Gasteiger partial charge in [0.25, 0.3) is 0 Å². The number of ether oxygens (including phenoxy) is 3. The number of carbonyl (C=O) groups is 2. The highest BCUT2D eigenvalue weighted by molar-refractivity contribution is 6.30. The van der Waals surface area contributed by atoms with Crippen molar-refractivity contribution >= 4 is 29.2 Å². The molecule has 0 unspecified atom stereocenters. The van der Waals surface area contributed by atoms with Crippen molar-refractivity contribution in [3.8, 4) is 11.5 Å². The molecule has 6 nitrogen and oxygen atoms in total. The van der Waals surface area contributed by atoms with Crippen LogP contribution in [0.3, 0.4) is 0 Å². The Labute approximate surface area is 134 Å². The fraction of sp³-hybridized carbons (Fsp3) is 0.467. The minimum Gasteiger partial charge on any atom is -0.493 e. The minimum atomic E-state index is -0.664. The maximum absolute atomic E-state index is 11.9. The van der Waals surface area contributed by atoms with E-state index in [1.165, 1.54) is 26.4 Å². The highest BCUT2D eigenvalue weighted by atomic mass is 35.5. The first-order valence-electron chi connectivity index (χ1n) is 6.57. The summed E-state index contributed by atoms with van der Waals surface area (Å²) >= 11 is 5.57. The van der Waals surface area contributed by atoms with E-state index in [2.05, 4.69) is 5.32 Å². The number of amides is 1. The number of ketones is 1. The summed E-state index contributed by atoms with van der Waals surface area (Å²) in [5.74, 6) is 0.125. The van der Waals surface area contributed by atoms with E-state index in [0.29, 0.717) is 17.1 Å². The van der Waals surface area contributed by atoms with Crippen LogP contribution in [0.1, 0.15) is 31.1 Å². The number of carbonyl (C=O) groups excluding carboxylic acids is 2. The zero-order chi connectivity index (χ0) is 16.9. The molecule has 1 aromatic rings. The molecule has 0 saturated carbocycles. The quantitative estimate of drug-likeness (QED) is 0.661. The van der Waals surface area contributed by atoms with Gasteiger partial charge in [-0.3, -0.25) is 10.1 Å². The van der Waals surface area contributed by atoms with Gasteiger partial charge >= 0.3 is 6.09 Å². The number of nitrogens with one attached hydrogen (secondary N) is 1. The Morgan fingerprint density at radius 1 is 1.18 bits per heavy atom. The van der Waals surface area contributed by atoms with Crippen LogP contribution in [0.2, 0.25) is 0 Å². The van der Waals surface area contributed by atoms with Crippen molar-refractivity contribution in [2.75, 3.05) is 25.4 Å². The van der Waals surface area contributed by atoms with Crippen molar-refractivity contribution in [1.29, 1.82) is 0 Å². The second kappa shape index (κ2) is 7.35. The van der Waals surface area contributed by atoms with Crippen LogP contribution < -0.4 is 14.8 Å². The Balaban J connectivity index is 3.20. The number of hydrogen-bond donors (Lipinski definition) is 1. The summed E-state index contributed by atoms with van der Waals surface area (Å²) in [4.78, 5) is 23.7. The summed E-state index contributed by atoms with van der Waals surface area (Å²) in [5, 5.41) is 2.55. The van der Waals surface area contributed by atoms with Crippen molar-refractivity contribution < 1.29 is 23.8 Å². The number of alkyl halides is 1. The van der Waals surface area contributed by atoms with Gasteiger partial charge in [0.1, 0.15) is 5.60 Å². The van der Waals surface area contributed by atoms with E-state index >= 15 is 0 Å². The summed E-state index contributed by atoms with van der Waals surface area (Å²) in [6.45, 7) is 5.24. The van der Waals surface area contributed by atoms with Gasteiger partial charge in [-0.15, -0.1) is 11.6 Å². The molecule has 7 heteroatoms. The standard InChI is InChI=1S/C15H20ClNO5/c1-15(2,3)22-14(19)17-10-6-9(11(18)8-16)7-12(20-4)13(10)21-5/h6-7H,8H2,1-5H3,(H,17,19). The topological polar surface area (TPSA) is 73.9 Å². The Morgan fingerprint density at radius 3 is 2.27 bits per heavy atom. The van der Waals surface area contributed by atoms with Crippen LogP contribution in [0.4, 0.5) is 10.5 Å². The average molecular weight is 330 g/mol. The molecule has 0 spiro atoms. The number of halogens is 1. The van der Waals surface area contributed by atoms with E-state index in [-0.39, 0.29) is 17.4 Å². The molecule has 122 valence electrons. The molecular formula is C15H20ClNO5. The number of hydrogen-bond acceptors (Lipinski definition) is 5. The summed E-state index contributed by atoms with van der Waals surface area (Å²) in [5.41, 5.74) is -0.0754. The molecule has 0 saturated heterocycles. The van der Waals surface area contributed by atoms with Crippen molar-refractivity contribution in [2.24, 2.45) is 0 Å². The lowest BCUT2D eigenvalue weighted by Gasteiger charge is -2.21. The largest absolute Gasteiger partial charge is 0.493 e. The van der Waals surface area contributed by atoms with Gasteiger partial charge in [0.05, 0.1) is 25.8 Å². The van der Waals surface area contributed by atoms with E-state index in [0.717, 1.165) is 0 Å². The minimum absolute atomic E-state index is 0.179. The van der Waals surface area contributed by atoms with Gasteiger partial charge in [-0.2, -0.15) is 0 Å². The molecule has 1 rings (SSSR count). The molecule has 0 bridgehead atoms. The lowest BCUT2D eigenvalue weighted by molar-refractivity contribution is 0.0635. The normalized spacial score (nSPS) is 10.8. The van der Waals surface area contributed by atoms with Gasteiger partial charge in [-0.1, -0.05) is 0 Å². The Bertz CT molecular complexity index is 566. The molecule has 0 aromatic heterocycles. The lowest BCUT2D eigenvalue weighted by atomic mass is 10.1. The monoisotopic (exact) mass is 329 g/mol. The molecule has 0 aliphatic heterocycles. The maximum Gasteiger partial charge on any atom is 0.412 e. The summed E-state index contributed by atoms with van der Waals surface area (Å²) < 4.78 is 15.6. The van der Waals surface area contributed by atoms with Gasteiger partial charge in [0.2, 0.25) is 0 Å². The number of anilines is 1. The van der Waals surface area contributed by atoms with Crippen LogP contribution in [-0.2, 0) is 4.74 Å². The van der Waals surface area contributed by atoms with Crippen LogP contribution in [-0.4, -0.2) is 37.6 Å². The first-order chi connectivity index (χ1) is 10.2. The molecule has 0 radical (unpaired) electrons. The average Bonchev–Trinajstić information content (AvgIpc) is 2.43. The molecule has 0 aliphatic carbocycles. The van der Waals surface area contributed by atoms with Crippen molar-refractivity contribution in [3.05, 3.63) is 17.7 Å². The fourth-order valence-corrected chi connectivity index (χ4v) is 1.86. The first kappa shape index (κ1) is 18.1. The van der Waals surface area contributed by atoms with E-state index < -0.39 is 11.7 Å². The SMILES string of the molecule is COc1cc(C(=O)CCl)cc(NC(=O)OC(C)(C)C)c1OC. The summed E-state index contributed by atoms with van der Waals surface area (Å²) in [6, 6.07) is 2.97. The number of rotatable bonds is 5. The molecule has 1 aromatic carbocycles. The zero-order valence-electron chi connectivity index (χ0n) is 13.3. The number of methoxy groups -OCH3 is 2. The van der Waals surface area contributed by atoms with Gasteiger partial charge in [0, 0.05) is 5.56 Å². The number of benzene rings is 1. The smallest absolute Gasteiger partial charge is 0.412 e. The molecule has 0 atom stereocenters. The van der Waals surface area contributed by atoms with Gasteiger partial charge in [-0.05, 0) is 32.9 Å². The molecule has 1 N–H and O–H groups in total. The maximum atomic E-state index is 11.9. The molecule has 1 amide bonds. The predicted molar refractivity (Wildman–Crippen MR) is 84.5 cm³/mol. The van der Waals surface area contributed by atoms with Gasteiger partial charge in [0.15, 0.2) is 17.3 Å². The Hall–Kier alpha value is -1.95. The van der Waals surface area contributed by atoms with Crippen LogP contribution in [0.5, 0.6) is 11.5 Å². The van der Waals surface area contributed by atoms with Crippen LogP contribution in [0.25, 0.3) is 0 Å². The highest BCUT2D eigenvalue weighted by Crippen LogP contribution is 2.37. The van der Waals surface area contributed by atoms with E-state index in [9.17, 15) is 9.59 Å². The Kier molecular flexibility index (Phi) is 6.05. The third-order valence-corrected chi connectivity index (χ3v) is 2.80. The third-order valence-electron chi connectivity index (χ3n) is 2.56. The molecule has 0 heterocycles. The molecular weight excluding hydrogens is 310 g/mol. The third kappa shape index (κ3) is 4.80. The first-order valence-corrected chi connectivity index (χ1v) is 7.10. The van der Waals surface area contributed by atoms with Crippen LogP contribution >= 0.6 is 11.6 Å². The van der Waals surface area contributed by atoms with Crippen molar-refractivity contribution in [1.82, 2.24) is 0 Å². The van der Waals surface area contributed by atoms with E-state index in [4.69, 9.17) is 25.8 Å². The van der Waals surface area contributed by atoms with Crippen LogP contribution in [0.15, 0.2) is 12.1 Å². The summed E-state index contributed by atoms with van der Waals surface area (Å²) in [6.07, 6.45) is -0.664. The van der Waals surface area contributed by atoms with E-state index in [1.54, 1.807) is 20.8 Å².